The van der Waals surface area contributed by atoms with E-state index in [-0.39, 0.29) is 0 Å². The largest absolute Gasteiger partial charge is 0.496 e. The lowest BCUT2D eigenvalue weighted by atomic mass is 10.1. The molecule has 1 nitrogen and oxygen atoms in total. The second-order valence-electron chi connectivity index (χ2n) is 4.23. The number of benzene rings is 2. The van der Waals surface area contributed by atoms with Crippen LogP contribution < -0.4 is 4.74 Å². The van der Waals surface area contributed by atoms with Crippen LogP contribution in [-0.2, 0) is 0 Å². The molecule has 0 bridgehead atoms. The van der Waals surface area contributed by atoms with Crippen LogP contribution >= 0.6 is 45.2 Å². The van der Waals surface area contributed by atoms with E-state index in [2.05, 4.69) is 94.6 Å². The molecule has 98 valence electrons. The minimum atomic E-state index is 0.928. The lowest BCUT2D eigenvalue weighted by Crippen LogP contribution is -1.92. The molecular formula is C16H14I2O. The number of hydrogen-bond donors (Lipinski definition) is 0. The lowest BCUT2D eigenvalue weighted by molar-refractivity contribution is 0.411. The van der Waals surface area contributed by atoms with Gasteiger partial charge < -0.3 is 4.74 Å². The van der Waals surface area contributed by atoms with E-state index in [1.54, 1.807) is 7.11 Å². The fraction of sp³-hybridized carbons (Fsp3) is 0.125. The second-order valence-corrected chi connectivity index (χ2v) is 6.39. The smallest absolute Gasteiger partial charge is 0.133 e. The molecule has 0 saturated heterocycles. The maximum atomic E-state index is 5.32. The molecule has 0 heterocycles. The summed E-state index contributed by atoms with van der Waals surface area (Å²) >= 11 is 4.69. The Morgan fingerprint density at radius 1 is 0.895 bits per heavy atom. The van der Waals surface area contributed by atoms with Crippen molar-refractivity contribution >= 4 is 57.3 Å². The van der Waals surface area contributed by atoms with E-state index in [1.807, 2.05) is 6.07 Å². The molecule has 0 aliphatic heterocycles. The molecule has 0 aromatic heterocycles. The summed E-state index contributed by atoms with van der Waals surface area (Å²) in [7, 11) is 1.70. The Morgan fingerprint density at radius 2 is 1.58 bits per heavy atom. The number of hydrogen-bond acceptors (Lipinski definition) is 1. The summed E-state index contributed by atoms with van der Waals surface area (Å²) in [6.45, 7) is 2.10. The van der Waals surface area contributed by atoms with Gasteiger partial charge in [0.2, 0.25) is 0 Å². The van der Waals surface area contributed by atoms with Gasteiger partial charge in [0.05, 0.1) is 10.7 Å². The van der Waals surface area contributed by atoms with Crippen LogP contribution in [0.1, 0.15) is 16.7 Å². The molecule has 0 unspecified atom stereocenters. The van der Waals surface area contributed by atoms with Crippen molar-refractivity contribution in [2.45, 2.75) is 6.92 Å². The van der Waals surface area contributed by atoms with Crippen molar-refractivity contribution < 1.29 is 4.74 Å². The third-order valence-electron chi connectivity index (χ3n) is 2.83. The van der Waals surface area contributed by atoms with Crippen molar-refractivity contribution in [2.24, 2.45) is 0 Å². The topological polar surface area (TPSA) is 9.23 Å². The monoisotopic (exact) mass is 476 g/mol. The molecule has 0 atom stereocenters. The van der Waals surface area contributed by atoms with Gasteiger partial charge >= 0.3 is 0 Å². The molecule has 2 aromatic rings. The van der Waals surface area contributed by atoms with E-state index >= 15 is 0 Å². The predicted octanol–water partition coefficient (Wildman–Crippen LogP) is 5.38. The average molecular weight is 476 g/mol. The highest BCUT2D eigenvalue weighted by Gasteiger charge is 2.07. The summed E-state index contributed by atoms with van der Waals surface area (Å²) in [5.41, 5.74) is 3.71. The first-order valence-electron chi connectivity index (χ1n) is 5.88. The standard InChI is InChI=1S/C16H14I2O/c1-11-3-5-12(6-4-11)7-8-13-9-10-14(19-2)16(18)15(13)17/h3-10H,1-2H3. The minimum absolute atomic E-state index is 0.928. The molecule has 3 heteroatoms. The highest BCUT2D eigenvalue weighted by molar-refractivity contribution is 14.1. The first-order chi connectivity index (χ1) is 9.11. The zero-order valence-corrected chi connectivity index (χ0v) is 15.1. The molecular weight excluding hydrogens is 462 g/mol. The normalized spacial score (nSPS) is 10.9. The number of aryl methyl sites for hydroxylation is 1. The van der Waals surface area contributed by atoms with Crippen LogP contribution in [0.5, 0.6) is 5.75 Å². The molecule has 0 radical (unpaired) electrons. The molecule has 2 rings (SSSR count). The Bertz CT molecular complexity index is 601. The number of rotatable bonds is 3. The zero-order valence-electron chi connectivity index (χ0n) is 10.8. The van der Waals surface area contributed by atoms with E-state index in [9.17, 15) is 0 Å². The van der Waals surface area contributed by atoms with Gasteiger partial charge in [-0.25, -0.2) is 0 Å². The highest BCUT2D eigenvalue weighted by Crippen LogP contribution is 2.29. The van der Waals surface area contributed by atoms with Crippen molar-refractivity contribution in [2.75, 3.05) is 7.11 Å². The Labute approximate surface area is 141 Å². The van der Waals surface area contributed by atoms with Crippen molar-refractivity contribution in [3.8, 4) is 5.75 Å². The summed E-state index contributed by atoms with van der Waals surface area (Å²) in [5.74, 6) is 0.928. The Morgan fingerprint density at radius 3 is 2.21 bits per heavy atom. The number of halogens is 2. The van der Waals surface area contributed by atoms with Crippen LogP contribution in [0, 0.1) is 14.1 Å². The summed E-state index contributed by atoms with van der Waals surface area (Å²) < 4.78 is 7.70. The van der Waals surface area contributed by atoms with Crippen LogP contribution in [0.15, 0.2) is 36.4 Å². The van der Waals surface area contributed by atoms with E-state index < -0.39 is 0 Å². The molecule has 0 amide bonds. The molecule has 0 N–H and O–H groups in total. The second kappa shape index (κ2) is 6.74. The quantitative estimate of drug-likeness (QED) is 0.427. The number of ether oxygens (including phenoxy) is 1. The third-order valence-corrected chi connectivity index (χ3v) is 6.09. The van der Waals surface area contributed by atoms with Crippen molar-refractivity contribution in [3.63, 3.8) is 0 Å². The van der Waals surface area contributed by atoms with Gasteiger partial charge in [-0.15, -0.1) is 0 Å². The van der Waals surface area contributed by atoms with Crippen LogP contribution in [0.3, 0.4) is 0 Å². The van der Waals surface area contributed by atoms with Gasteiger partial charge in [0, 0.05) is 3.57 Å². The van der Waals surface area contributed by atoms with Gasteiger partial charge in [0.15, 0.2) is 0 Å². The zero-order chi connectivity index (χ0) is 13.8. The van der Waals surface area contributed by atoms with Gasteiger partial charge in [-0.3, -0.25) is 0 Å². The van der Waals surface area contributed by atoms with Crippen LogP contribution in [0.2, 0.25) is 0 Å². The Hall–Kier alpha value is -0.560. The molecule has 0 spiro atoms. The molecule has 19 heavy (non-hydrogen) atoms. The SMILES string of the molecule is COc1ccc(C=Cc2ccc(C)cc2)c(I)c1I. The fourth-order valence-electron chi connectivity index (χ4n) is 1.70. The van der Waals surface area contributed by atoms with Crippen LogP contribution in [0.4, 0.5) is 0 Å². The molecule has 0 aliphatic rings. The van der Waals surface area contributed by atoms with Crippen molar-refractivity contribution in [3.05, 3.63) is 60.2 Å². The predicted molar refractivity (Wildman–Crippen MR) is 98.5 cm³/mol. The Kier molecular flexibility index (Phi) is 5.27. The van der Waals surface area contributed by atoms with Gasteiger partial charge in [0.25, 0.3) is 0 Å². The van der Waals surface area contributed by atoms with E-state index in [4.69, 9.17) is 4.74 Å². The number of methoxy groups -OCH3 is 1. The third kappa shape index (κ3) is 3.72. The van der Waals surface area contributed by atoms with E-state index in [0.29, 0.717) is 0 Å². The highest BCUT2D eigenvalue weighted by atomic mass is 127. The van der Waals surface area contributed by atoms with Gasteiger partial charge in [-0.2, -0.15) is 0 Å². The summed E-state index contributed by atoms with van der Waals surface area (Å²) in [5, 5.41) is 0. The fourth-order valence-corrected chi connectivity index (χ4v) is 3.03. The van der Waals surface area contributed by atoms with Crippen molar-refractivity contribution in [1.29, 1.82) is 0 Å². The average Bonchev–Trinajstić information content (AvgIpc) is 2.42. The first kappa shape index (κ1) is 14.8. The maximum absolute atomic E-state index is 5.32. The van der Waals surface area contributed by atoms with Gasteiger partial charge in [-0.05, 0) is 69.3 Å². The van der Waals surface area contributed by atoms with Gasteiger partial charge in [0.1, 0.15) is 5.75 Å². The lowest BCUT2D eigenvalue weighted by Gasteiger charge is -2.07. The summed E-state index contributed by atoms with van der Waals surface area (Å²) in [6.07, 6.45) is 4.29. The van der Waals surface area contributed by atoms with Gasteiger partial charge in [-0.1, -0.05) is 48.0 Å². The molecule has 0 saturated carbocycles. The van der Waals surface area contributed by atoms with E-state index in [1.165, 1.54) is 20.3 Å². The Balaban J connectivity index is 2.28. The molecule has 2 aromatic carbocycles. The van der Waals surface area contributed by atoms with E-state index in [0.717, 1.165) is 9.32 Å². The van der Waals surface area contributed by atoms with Crippen molar-refractivity contribution in [1.82, 2.24) is 0 Å². The minimum Gasteiger partial charge on any atom is -0.496 e. The summed E-state index contributed by atoms with van der Waals surface area (Å²) in [6, 6.07) is 12.6. The summed E-state index contributed by atoms with van der Waals surface area (Å²) in [4.78, 5) is 0. The van der Waals surface area contributed by atoms with Crippen LogP contribution in [-0.4, -0.2) is 7.11 Å². The van der Waals surface area contributed by atoms with Crippen LogP contribution in [0.25, 0.3) is 12.2 Å². The maximum Gasteiger partial charge on any atom is 0.133 e. The molecule has 0 aliphatic carbocycles. The molecule has 0 fully saturated rings. The first-order valence-corrected chi connectivity index (χ1v) is 8.04.